The standard InChI is InChI=1S/C23H35N3OS/c1-16(2)18-10-11-19-21(14-18)28-23(25-19)13-12-22(27)24-20(15-26(3)4)17-8-6-5-7-9-17/h10-11,14,16-17,20H,5-9,12-13,15H2,1-4H3,(H,24,27). The van der Waals surface area contributed by atoms with Crippen LogP contribution in [0.4, 0.5) is 0 Å². The van der Waals surface area contributed by atoms with Crippen molar-refractivity contribution in [3.8, 4) is 0 Å². The largest absolute Gasteiger partial charge is 0.352 e. The van der Waals surface area contributed by atoms with Crippen molar-refractivity contribution in [2.75, 3.05) is 20.6 Å². The molecule has 0 spiro atoms. The molecule has 2 aromatic rings. The van der Waals surface area contributed by atoms with Crippen molar-refractivity contribution < 1.29 is 4.79 Å². The molecule has 1 atom stereocenters. The number of hydrogen-bond acceptors (Lipinski definition) is 4. The molecular formula is C23H35N3OS. The van der Waals surface area contributed by atoms with Gasteiger partial charge in [0.05, 0.1) is 15.2 Å². The summed E-state index contributed by atoms with van der Waals surface area (Å²) < 4.78 is 1.23. The highest BCUT2D eigenvalue weighted by Gasteiger charge is 2.25. The second-order valence-corrected chi connectivity index (χ2v) is 9.94. The summed E-state index contributed by atoms with van der Waals surface area (Å²) in [5.74, 6) is 1.31. The minimum atomic E-state index is 0.166. The van der Waals surface area contributed by atoms with E-state index in [1.807, 2.05) is 0 Å². The van der Waals surface area contributed by atoms with Gasteiger partial charge in [-0.05, 0) is 56.5 Å². The first-order valence-electron chi connectivity index (χ1n) is 10.8. The average Bonchev–Trinajstić information content (AvgIpc) is 3.08. The molecule has 1 aromatic heterocycles. The Bertz CT molecular complexity index is 777. The van der Waals surface area contributed by atoms with Gasteiger partial charge in [0, 0.05) is 25.4 Å². The zero-order valence-corrected chi connectivity index (χ0v) is 18.6. The highest BCUT2D eigenvalue weighted by molar-refractivity contribution is 7.18. The Labute approximate surface area is 173 Å². The van der Waals surface area contributed by atoms with E-state index in [-0.39, 0.29) is 11.9 Å². The van der Waals surface area contributed by atoms with Crippen LogP contribution in [-0.4, -0.2) is 42.5 Å². The maximum atomic E-state index is 12.7. The lowest BCUT2D eigenvalue weighted by molar-refractivity contribution is -0.122. The maximum Gasteiger partial charge on any atom is 0.220 e. The SMILES string of the molecule is CC(C)c1ccc2nc(CCC(=O)NC(CN(C)C)C3CCCCC3)sc2c1. The Hall–Kier alpha value is -1.46. The molecule has 1 N–H and O–H groups in total. The zero-order valence-electron chi connectivity index (χ0n) is 17.8. The van der Waals surface area contributed by atoms with Crippen molar-refractivity contribution >= 4 is 27.5 Å². The molecule has 1 aliphatic carbocycles. The van der Waals surface area contributed by atoms with Crippen LogP contribution in [0.15, 0.2) is 18.2 Å². The number of aromatic nitrogens is 1. The molecule has 1 amide bonds. The molecule has 5 heteroatoms. The number of thiazole rings is 1. The van der Waals surface area contributed by atoms with Gasteiger partial charge in [0.15, 0.2) is 0 Å². The van der Waals surface area contributed by atoms with Gasteiger partial charge in [-0.15, -0.1) is 11.3 Å². The first-order chi connectivity index (χ1) is 13.4. The normalized spacial score (nSPS) is 16.8. The van der Waals surface area contributed by atoms with Crippen molar-refractivity contribution in [1.29, 1.82) is 0 Å². The number of carbonyl (C=O) groups is 1. The predicted octanol–water partition coefficient (Wildman–Crippen LogP) is 4.98. The molecule has 0 bridgehead atoms. The molecule has 0 aliphatic heterocycles. The topological polar surface area (TPSA) is 45.2 Å². The number of likely N-dealkylation sites (N-methyl/N-ethyl adjacent to an activating group) is 1. The van der Waals surface area contributed by atoms with Gasteiger partial charge in [-0.1, -0.05) is 39.2 Å². The summed E-state index contributed by atoms with van der Waals surface area (Å²) in [5, 5.41) is 4.41. The van der Waals surface area contributed by atoms with Gasteiger partial charge in [0.25, 0.3) is 0 Å². The van der Waals surface area contributed by atoms with E-state index < -0.39 is 0 Å². The number of amides is 1. The average molecular weight is 402 g/mol. The molecule has 1 aliphatic rings. The molecule has 1 heterocycles. The van der Waals surface area contributed by atoms with E-state index in [4.69, 9.17) is 4.98 Å². The summed E-state index contributed by atoms with van der Waals surface area (Å²) in [6, 6.07) is 6.80. The molecule has 3 rings (SSSR count). The molecule has 1 aromatic carbocycles. The number of carbonyl (C=O) groups excluding carboxylic acids is 1. The van der Waals surface area contributed by atoms with Crippen molar-refractivity contribution in [2.24, 2.45) is 5.92 Å². The van der Waals surface area contributed by atoms with Crippen molar-refractivity contribution in [3.05, 3.63) is 28.8 Å². The van der Waals surface area contributed by atoms with Crippen LogP contribution in [-0.2, 0) is 11.2 Å². The quantitative estimate of drug-likeness (QED) is 0.678. The Morgan fingerprint density at radius 1 is 1.25 bits per heavy atom. The first-order valence-corrected chi connectivity index (χ1v) is 11.6. The molecule has 154 valence electrons. The van der Waals surface area contributed by atoms with Crippen LogP contribution in [0.3, 0.4) is 0 Å². The summed E-state index contributed by atoms with van der Waals surface area (Å²) in [6.07, 6.45) is 7.68. The monoisotopic (exact) mass is 401 g/mol. The fourth-order valence-electron chi connectivity index (χ4n) is 4.20. The smallest absolute Gasteiger partial charge is 0.220 e. The number of hydrogen-bond donors (Lipinski definition) is 1. The van der Waals surface area contributed by atoms with Crippen molar-refractivity contribution in [1.82, 2.24) is 15.2 Å². The van der Waals surface area contributed by atoms with Gasteiger partial charge < -0.3 is 10.2 Å². The first kappa shape index (κ1) is 21.3. The molecule has 28 heavy (non-hydrogen) atoms. The number of nitrogens with one attached hydrogen (secondary N) is 1. The molecule has 1 unspecified atom stereocenters. The van der Waals surface area contributed by atoms with Gasteiger partial charge in [-0.25, -0.2) is 4.98 Å². The molecule has 1 fully saturated rings. The predicted molar refractivity (Wildman–Crippen MR) is 119 cm³/mol. The van der Waals surface area contributed by atoms with Gasteiger partial charge in [0.2, 0.25) is 5.91 Å². The number of aryl methyl sites for hydroxylation is 1. The molecular weight excluding hydrogens is 366 g/mol. The van der Waals surface area contributed by atoms with Crippen LogP contribution in [0, 0.1) is 5.92 Å². The number of fused-ring (bicyclic) bond motifs is 1. The van der Waals surface area contributed by atoms with Gasteiger partial charge in [-0.2, -0.15) is 0 Å². The summed E-state index contributed by atoms with van der Waals surface area (Å²) in [5.41, 5.74) is 2.40. The minimum absolute atomic E-state index is 0.166. The fourth-order valence-corrected chi connectivity index (χ4v) is 5.21. The molecule has 4 nitrogen and oxygen atoms in total. The van der Waals surface area contributed by atoms with E-state index in [0.29, 0.717) is 18.3 Å². The van der Waals surface area contributed by atoms with Crippen LogP contribution in [0.2, 0.25) is 0 Å². The minimum Gasteiger partial charge on any atom is -0.352 e. The van der Waals surface area contributed by atoms with Crippen LogP contribution < -0.4 is 5.32 Å². The van der Waals surface area contributed by atoms with E-state index in [1.54, 1.807) is 11.3 Å². The second kappa shape index (κ2) is 9.84. The third kappa shape index (κ3) is 5.77. The molecule has 1 saturated carbocycles. The number of benzene rings is 1. The highest BCUT2D eigenvalue weighted by atomic mass is 32.1. The molecule has 0 saturated heterocycles. The summed E-state index contributed by atoms with van der Waals surface area (Å²) in [7, 11) is 4.18. The highest BCUT2D eigenvalue weighted by Crippen LogP contribution is 2.28. The van der Waals surface area contributed by atoms with Gasteiger partial charge in [0.1, 0.15) is 0 Å². The van der Waals surface area contributed by atoms with E-state index in [0.717, 1.165) is 23.5 Å². The van der Waals surface area contributed by atoms with E-state index in [1.165, 1.54) is 42.4 Å². The summed E-state index contributed by atoms with van der Waals surface area (Å²) in [6.45, 7) is 5.35. The lowest BCUT2D eigenvalue weighted by Gasteiger charge is -2.32. The maximum absolute atomic E-state index is 12.7. The van der Waals surface area contributed by atoms with E-state index in [2.05, 4.69) is 56.4 Å². The number of nitrogens with zero attached hydrogens (tertiary/aromatic N) is 2. The van der Waals surface area contributed by atoms with E-state index >= 15 is 0 Å². The third-order valence-corrected chi connectivity index (χ3v) is 6.89. The second-order valence-electron chi connectivity index (χ2n) is 8.82. The van der Waals surface area contributed by atoms with Gasteiger partial charge in [-0.3, -0.25) is 4.79 Å². The Kier molecular flexibility index (Phi) is 7.47. The third-order valence-electron chi connectivity index (χ3n) is 5.82. The Morgan fingerprint density at radius 2 is 2.00 bits per heavy atom. The van der Waals surface area contributed by atoms with Gasteiger partial charge >= 0.3 is 0 Å². The van der Waals surface area contributed by atoms with E-state index in [9.17, 15) is 4.79 Å². The van der Waals surface area contributed by atoms with Crippen molar-refractivity contribution in [3.63, 3.8) is 0 Å². The lowest BCUT2D eigenvalue weighted by atomic mass is 9.83. The fraction of sp³-hybridized carbons (Fsp3) is 0.652. The summed E-state index contributed by atoms with van der Waals surface area (Å²) in [4.78, 5) is 19.6. The van der Waals surface area contributed by atoms with Crippen molar-refractivity contribution in [2.45, 2.75) is 70.8 Å². The Balaban J connectivity index is 1.58. The van der Waals surface area contributed by atoms with Crippen LogP contribution >= 0.6 is 11.3 Å². The Morgan fingerprint density at radius 3 is 2.68 bits per heavy atom. The summed E-state index contributed by atoms with van der Waals surface area (Å²) >= 11 is 1.73. The van der Waals surface area contributed by atoms with Crippen LogP contribution in [0.5, 0.6) is 0 Å². The lowest BCUT2D eigenvalue weighted by Crippen LogP contribution is -2.47. The van der Waals surface area contributed by atoms with Crippen LogP contribution in [0.1, 0.15) is 68.9 Å². The molecule has 0 radical (unpaired) electrons. The number of rotatable bonds is 8. The zero-order chi connectivity index (χ0) is 20.1. The van der Waals surface area contributed by atoms with Crippen LogP contribution in [0.25, 0.3) is 10.2 Å².